The van der Waals surface area contributed by atoms with E-state index in [1.807, 2.05) is 60.7 Å². The number of nitrogens with two attached hydrogens (primary N) is 1. The lowest BCUT2D eigenvalue weighted by atomic mass is 10.0. The van der Waals surface area contributed by atoms with Crippen molar-refractivity contribution in [3.63, 3.8) is 0 Å². The van der Waals surface area contributed by atoms with E-state index in [4.69, 9.17) is 15.5 Å². The standard InChI is InChI=1S/C24H19N5O2S2/c1-2-31-23(30)21-18(17(13-25)22(26)33-21)14-32-24-27-19(15-9-5-3-6-10-15)20(28-29-24)16-11-7-4-8-12-16/h3-12H,2,14,26H2,1H3. The molecular formula is C24H19N5O2S2. The van der Waals surface area contributed by atoms with Gasteiger partial charge in [0.1, 0.15) is 27.3 Å². The molecule has 2 N–H and O–H groups in total. The second kappa shape index (κ2) is 10.3. The van der Waals surface area contributed by atoms with E-state index in [1.165, 1.54) is 11.8 Å². The molecule has 0 spiro atoms. The van der Waals surface area contributed by atoms with Crippen LogP contribution >= 0.6 is 23.1 Å². The van der Waals surface area contributed by atoms with Crippen molar-refractivity contribution in [2.24, 2.45) is 0 Å². The van der Waals surface area contributed by atoms with Gasteiger partial charge < -0.3 is 10.5 Å². The molecule has 0 aliphatic rings. The molecule has 7 nitrogen and oxygen atoms in total. The van der Waals surface area contributed by atoms with E-state index in [2.05, 4.69) is 16.3 Å². The first-order chi connectivity index (χ1) is 16.1. The molecule has 0 aliphatic carbocycles. The van der Waals surface area contributed by atoms with Gasteiger partial charge in [0.15, 0.2) is 0 Å². The van der Waals surface area contributed by atoms with Gasteiger partial charge in [-0.05, 0) is 6.92 Å². The average Bonchev–Trinajstić information content (AvgIpc) is 3.19. The van der Waals surface area contributed by atoms with Crippen LogP contribution < -0.4 is 5.73 Å². The van der Waals surface area contributed by atoms with Gasteiger partial charge in [0.25, 0.3) is 0 Å². The summed E-state index contributed by atoms with van der Waals surface area (Å²) in [7, 11) is 0. The van der Waals surface area contributed by atoms with E-state index in [0.29, 0.717) is 32.0 Å². The zero-order valence-corrected chi connectivity index (χ0v) is 19.3. The smallest absolute Gasteiger partial charge is 0.348 e. The summed E-state index contributed by atoms with van der Waals surface area (Å²) in [5, 5.41) is 19.0. The minimum atomic E-state index is -0.491. The average molecular weight is 474 g/mol. The first-order valence-electron chi connectivity index (χ1n) is 10.1. The molecule has 2 aromatic heterocycles. The second-order valence-corrected chi connectivity index (χ2v) is 8.79. The predicted octanol–water partition coefficient (Wildman–Crippen LogP) is 5.19. The number of carbonyl (C=O) groups is 1. The van der Waals surface area contributed by atoms with Gasteiger partial charge >= 0.3 is 5.97 Å². The first kappa shape index (κ1) is 22.5. The Morgan fingerprint density at radius 1 is 1.06 bits per heavy atom. The summed E-state index contributed by atoms with van der Waals surface area (Å²) < 4.78 is 5.13. The highest BCUT2D eigenvalue weighted by Gasteiger charge is 2.23. The van der Waals surface area contributed by atoms with Crippen molar-refractivity contribution in [2.75, 3.05) is 12.3 Å². The summed E-state index contributed by atoms with van der Waals surface area (Å²) in [5.74, 6) is -0.208. The van der Waals surface area contributed by atoms with Crippen molar-refractivity contribution in [1.82, 2.24) is 15.2 Å². The van der Waals surface area contributed by atoms with Gasteiger partial charge in [-0.15, -0.1) is 21.5 Å². The van der Waals surface area contributed by atoms with Gasteiger partial charge in [0.05, 0.1) is 12.2 Å². The molecule has 4 rings (SSSR count). The Hall–Kier alpha value is -3.74. The Balaban J connectivity index is 1.70. The van der Waals surface area contributed by atoms with Gasteiger partial charge in [0, 0.05) is 22.4 Å². The number of thiophene rings is 1. The topological polar surface area (TPSA) is 115 Å². The lowest BCUT2D eigenvalue weighted by Gasteiger charge is -2.09. The molecule has 0 radical (unpaired) electrons. The number of esters is 1. The molecule has 2 heterocycles. The molecule has 0 aliphatic heterocycles. The monoisotopic (exact) mass is 473 g/mol. The number of anilines is 1. The Morgan fingerprint density at radius 3 is 2.30 bits per heavy atom. The number of hydrogen-bond donors (Lipinski definition) is 1. The molecule has 33 heavy (non-hydrogen) atoms. The Kier molecular flexibility index (Phi) is 6.98. The van der Waals surface area contributed by atoms with Crippen LogP contribution in [-0.2, 0) is 10.5 Å². The maximum Gasteiger partial charge on any atom is 0.348 e. The minimum absolute atomic E-state index is 0.236. The quantitative estimate of drug-likeness (QED) is 0.288. The van der Waals surface area contributed by atoms with Crippen LogP contribution in [-0.4, -0.2) is 27.8 Å². The fraction of sp³-hybridized carbons (Fsp3) is 0.125. The van der Waals surface area contributed by atoms with E-state index in [0.717, 1.165) is 22.5 Å². The van der Waals surface area contributed by atoms with E-state index in [-0.39, 0.29) is 17.9 Å². The molecule has 9 heteroatoms. The summed E-state index contributed by atoms with van der Waals surface area (Å²) in [5.41, 5.74) is 10.00. The van der Waals surface area contributed by atoms with Crippen molar-refractivity contribution >= 4 is 34.1 Å². The molecule has 0 saturated carbocycles. The van der Waals surface area contributed by atoms with Crippen LogP contribution in [0.2, 0.25) is 0 Å². The minimum Gasteiger partial charge on any atom is -0.462 e. The number of carbonyl (C=O) groups excluding carboxylic acids is 1. The van der Waals surface area contributed by atoms with E-state index < -0.39 is 5.97 Å². The van der Waals surface area contributed by atoms with Gasteiger partial charge in [-0.25, -0.2) is 9.78 Å². The van der Waals surface area contributed by atoms with Crippen LogP contribution in [0.5, 0.6) is 0 Å². The van der Waals surface area contributed by atoms with Gasteiger partial charge in [0.2, 0.25) is 5.16 Å². The predicted molar refractivity (Wildman–Crippen MR) is 130 cm³/mol. The molecule has 4 aromatic rings. The Labute approximate surface area is 199 Å². The van der Waals surface area contributed by atoms with Crippen LogP contribution in [0.1, 0.15) is 27.7 Å². The number of aromatic nitrogens is 3. The highest BCUT2D eigenvalue weighted by atomic mass is 32.2. The van der Waals surface area contributed by atoms with Crippen LogP contribution in [0.3, 0.4) is 0 Å². The van der Waals surface area contributed by atoms with E-state index >= 15 is 0 Å². The number of nitriles is 1. The maximum absolute atomic E-state index is 12.4. The molecule has 0 amide bonds. The number of thioether (sulfide) groups is 1. The fourth-order valence-electron chi connectivity index (χ4n) is 3.20. The van der Waals surface area contributed by atoms with Crippen LogP contribution in [0.25, 0.3) is 22.5 Å². The largest absolute Gasteiger partial charge is 0.462 e. The van der Waals surface area contributed by atoms with Crippen molar-refractivity contribution in [2.45, 2.75) is 17.8 Å². The number of nitrogens with zero attached hydrogens (tertiary/aromatic N) is 4. The third kappa shape index (κ3) is 4.87. The normalized spacial score (nSPS) is 10.5. The van der Waals surface area contributed by atoms with Crippen molar-refractivity contribution < 1.29 is 9.53 Å². The summed E-state index contributed by atoms with van der Waals surface area (Å²) in [4.78, 5) is 17.5. The Morgan fingerprint density at radius 2 is 1.70 bits per heavy atom. The fourth-order valence-corrected chi connectivity index (χ4v) is 5.04. The summed E-state index contributed by atoms with van der Waals surface area (Å²) in [6.07, 6.45) is 0. The number of nitrogen functional groups attached to an aromatic ring is 1. The van der Waals surface area contributed by atoms with Crippen molar-refractivity contribution in [3.05, 3.63) is 76.7 Å². The molecule has 2 aromatic carbocycles. The third-order valence-corrected chi connectivity index (χ3v) is 6.62. The van der Waals surface area contributed by atoms with Crippen LogP contribution in [0, 0.1) is 11.3 Å². The molecule has 0 unspecified atom stereocenters. The maximum atomic E-state index is 12.4. The zero-order chi connectivity index (χ0) is 23.2. The molecule has 0 atom stereocenters. The lowest BCUT2D eigenvalue weighted by molar-refractivity contribution is 0.0531. The number of ether oxygens (including phenoxy) is 1. The van der Waals surface area contributed by atoms with Gasteiger partial charge in [-0.3, -0.25) is 0 Å². The molecular weight excluding hydrogens is 454 g/mol. The second-order valence-electron chi connectivity index (χ2n) is 6.79. The summed E-state index contributed by atoms with van der Waals surface area (Å²) in [6, 6.07) is 21.6. The van der Waals surface area contributed by atoms with Gasteiger partial charge in [-0.2, -0.15) is 5.26 Å². The molecule has 164 valence electrons. The van der Waals surface area contributed by atoms with Crippen LogP contribution in [0.4, 0.5) is 5.00 Å². The third-order valence-electron chi connectivity index (χ3n) is 4.71. The van der Waals surface area contributed by atoms with Crippen molar-refractivity contribution in [1.29, 1.82) is 5.26 Å². The zero-order valence-electron chi connectivity index (χ0n) is 17.7. The van der Waals surface area contributed by atoms with E-state index in [1.54, 1.807) is 6.92 Å². The van der Waals surface area contributed by atoms with Crippen molar-refractivity contribution in [3.8, 4) is 28.6 Å². The molecule has 0 saturated heterocycles. The van der Waals surface area contributed by atoms with Crippen LogP contribution in [0.15, 0.2) is 65.8 Å². The Bertz CT molecular complexity index is 1320. The number of benzene rings is 2. The number of hydrogen-bond acceptors (Lipinski definition) is 9. The SMILES string of the molecule is CCOC(=O)c1sc(N)c(C#N)c1CSc1nnc(-c2ccccc2)c(-c2ccccc2)n1. The highest BCUT2D eigenvalue weighted by Crippen LogP contribution is 2.36. The highest BCUT2D eigenvalue weighted by molar-refractivity contribution is 7.98. The molecule has 0 bridgehead atoms. The first-order valence-corrected chi connectivity index (χ1v) is 11.9. The van der Waals surface area contributed by atoms with Gasteiger partial charge in [-0.1, -0.05) is 72.4 Å². The number of rotatable bonds is 7. The lowest BCUT2D eigenvalue weighted by Crippen LogP contribution is -2.05. The summed E-state index contributed by atoms with van der Waals surface area (Å²) in [6.45, 7) is 1.97. The molecule has 0 fully saturated rings. The summed E-state index contributed by atoms with van der Waals surface area (Å²) >= 11 is 2.35. The van der Waals surface area contributed by atoms with E-state index in [9.17, 15) is 10.1 Å².